The van der Waals surface area contributed by atoms with Crippen LogP contribution in [0.2, 0.25) is 10.0 Å². The van der Waals surface area contributed by atoms with Crippen molar-refractivity contribution in [2.24, 2.45) is 5.84 Å². The second kappa shape index (κ2) is 5.74. The van der Waals surface area contributed by atoms with Crippen LogP contribution >= 0.6 is 23.2 Å². The normalized spacial score (nSPS) is 16.5. The van der Waals surface area contributed by atoms with E-state index in [0.717, 1.165) is 17.7 Å². The third-order valence-electron chi connectivity index (χ3n) is 2.75. The first-order chi connectivity index (χ1) is 8.22. The molecule has 3 N–H and O–H groups in total. The average Bonchev–Trinajstić information content (AvgIpc) is 2.82. The molecule has 0 spiro atoms. The molecule has 3 nitrogen and oxygen atoms in total. The highest BCUT2D eigenvalue weighted by molar-refractivity contribution is 6.36. The van der Waals surface area contributed by atoms with E-state index in [-0.39, 0.29) is 6.04 Å². The summed E-state index contributed by atoms with van der Waals surface area (Å²) in [6.07, 6.45) is 3.57. The molecule has 2 rings (SSSR count). The minimum absolute atomic E-state index is 0.0881. The fourth-order valence-electron chi connectivity index (χ4n) is 1.85. The van der Waals surface area contributed by atoms with Crippen LogP contribution in [0.4, 0.5) is 0 Å². The van der Waals surface area contributed by atoms with Crippen molar-refractivity contribution >= 4 is 23.2 Å². The van der Waals surface area contributed by atoms with Crippen LogP contribution in [0.5, 0.6) is 0 Å². The molecule has 1 aliphatic rings. The molecule has 5 heteroatoms. The van der Waals surface area contributed by atoms with Crippen molar-refractivity contribution in [2.45, 2.75) is 18.9 Å². The standard InChI is InChI=1S/C12H14Cl2N2O/c13-9-3-1-4-10(14)8(9)7-11(16-15)12-5-2-6-17-12/h1,3-5,11,16H,2,6-7,15H2. The number of hydrazine groups is 1. The fraction of sp³-hybridized carbons (Fsp3) is 0.333. The van der Waals surface area contributed by atoms with Crippen LogP contribution in [0.1, 0.15) is 12.0 Å². The van der Waals surface area contributed by atoms with Crippen LogP contribution in [-0.4, -0.2) is 12.6 Å². The summed E-state index contributed by atoms with van der Waals surface area (Å²) >= 11 is 12.2. The molecule has 0 radical (unpaired) electrons. The second-order valence-corrected chi connectivity index (χ2v) is 4.68. The van der Waals surface area contributed by atoms with Gasteiger partial charge in [0, 0.05) is 16.5 Å². The Morgan fingerprint density at radius 3 is 2.59 bits per heavy atom. The quantitative estimate of drug-likeness (QED) is 0.655. The lowest BCUT2D eigenvalue weighted by Gasteiger charge is -2.18. The van der Waals surface area contributed by atoms with E-state index in [4.69, 9.17) is 33.8 Å². The van der Waals surface area contributed by atoms with Crippen molar-refractivity contribution in [3.8, 4) is 0 Å². The highest BCUT2D eigenvalue weighted by atomic mass is 35.5. The van der Waals surface area contributed by atoms with Gasteiger partial charge >= 0.3 is 0 Å². The second-order valence-electron chi connectivity index (χ2n) is 3.87. The van der Waals surface area contributed by atoms with Gasteiger partial charge in [-0.1, -0.05) is 29.3 Å². The van der Waals surface area contributed by atoms with Gasteiger partial charge in [-0.05, 0) is 30.2 Å². The van der Waals surface area contributed by atoms with Gasteiger partial charge in [0.15, 0.2) is 0 Å². The third kappa shape index (κ3) is 2.93. The fourth-order valence-corrected chi connectivity index (χ4v) is 2.40. The summed E-state index contributed by atoms with van der Waals surface area (Å²) in [6, 6.07) is 5.38. The van der Waals surface area contributed by atoms with Gasteiger partial charge < -0.3 is 4.74 Å². The molecule has 1 atom stereocenters. The zero-order chi connectivity index (χ0) is 12.3. The molecular formula is C12H14Cl2N2O. The van der Waals surface area contributed by atoms with E-state index >= 15 is 0 Å². The summed E-state index contributed by atoms with van der Waals surface area (Å²) < 4.78 is 5.49. The molecule has 1 aromatic rings. The van der Waals surface area contributed by atoms with E-state index in [2.05, 4.69) is 5.43 Å². The van der Waals surface area contributed by atoms with Crippen molar-refractivity contribution in [1.82, 2.24) is 5.43 Å². The van der Waals surface area contributed by atoms with Gasteiger partial charge in [-0.2, -0.15) is 0 Å². The lowest BCUT2D eigenvalue weighted by atomic mass is 10.0. The molecule has 0 aliphatic carbocycles. The Morgan fingerprint density at radius 2 is 2.06 bits per heavy atom. The summed E-state index contributed by atoms with van der Waals surface area (Å²) in [7, 11) is 0. The Bertz CT molecular complexity index is 414. The highest BCUT2D eigenvalue weighted by Crippen LogP contribution is 2.27. The van der Waals surface area contributed by atoms with Crippen molar-refractivity contribution in [3.63, 3.8) is 0 Å². The van der Waals surface area contributed by atoms with Gasteiger partial charge in [0.05, 0.1) is 12.6 Å². The predicted octanol–water partition coefficient (Wildman–Crippen LogP) is 2.67. The van der Waals surface area contributed by atoms with Crippen LogP contribution < -0.4 is 11.3 Å². The van der Waals surface area contributed by atoms with Gasteiger partial charge in [0.25, 0.3) is 0 Å². The highest BCUT2D eigenvalue weighted by Gasteiger charge is 2.20. The van der Waals surface area contributed by atoms with Crippen LogP contribution in [0.15, 0.2) is 30.0 Å². The maximum absolute atomic E-state index is 6.12. The van der Waals surface area contributed by atoms with E-state index in [9.17, 15) is 0 Å². The third-order valence-corrected chi connectivity index (χ3v) is 3.45. The molecular weight excluding hydrogens is 259 g/mol. The summed E-state index contributed by atoms with van der Waals surface area (Å²) in [5.41, 5.74) is 3.62. The van der Waals surface area contributed by atoms with E-state index in [1.807, 2.05) is 24.3 Å². The molecule has 0 saturated carbocycles. The van der Waals surface area contributed by atoms with Gasteiger partial charge in [-0.25, -0.2) is 5.43 Å². The molecule has 0 aromatic heterocycles. The van der Waals surface area contributed by atoms with Gasteiger partial charge in [-0.3, -0.25) is 5.84 Å². The van der Waals surface area contributed by atoms with Crippen molar-refractivity contribution in [3.05, 3.63) is 45.6 Å². The number of ether oxygens (including phenoxy) is 1. The first-order valence-electron chi connectivity index (χ1n) is 5.44. The van der Waals surface area contributed by atoms with Crippen LogP contribution in [0.25, 0.3) is 0 Å². The van der Waals surface area contributed by atoms with E-state index in [0.29, 0.717) is 23.1 Å². The first-order valence-corrected chi connectivity index (χ1v) is 6.20. The molecule has 1 unspecified atom stereocenters. The zero-order valence-electron chi connectivity index (χ0n) is 9.25. The molecule has 0 fully saturated rings. The van der Waals surface area contributed by atoms with Gasteiger partial charge in [-0.15, -0.1) is 0 Å². The van der Waals surface area contributed by atoms with E-state index in [1.54, 1.807) is 0 Å². The Balaban J connectivity index is 2.18. The van der Waals surface area contributed by atoms with Crippen molar-refractivity contribution in [2.75, 3.05) is 6.61 Å². The average molecular weight is 273 g/mol. The lowest BCUT2D eigenvalue weighted by molar-refractivity contribution is 0.214. The lowest BCUT2D eigenvalue weighted by Crippen LogP contribution is -2.38. The maximum atomic E-state index is 6.12. The van der Waals surface area contributed by atoms with Crippen LogP contribution in [0, 0.1) is 0 Å². The van der Waals surface area contributed by atoms with Gasteiger partial charge in [0.1, 0.15) is 5.76 Å². The summed E-state index contributed by atoms with van der Waals surface area (Å²) in [5, 5.41) is 1.30. The Hall–Kier alpha value is -0.740. The number of benzene rings is 1. The summed E-state index contributed by atoms with van der Waals surface area (Å²) in [5.74, 6) is 6.41. The number of halogens is 2. The Labute approximate surface area is 111 Å². The Kier molecular flexibility index (Phi) is 4.29. The largest absolute Gasteiger partial charge is 0.496 e. The molecule has 1 aromatic carbocycles. The Morgan fingerprint density at radius 1 is 1.35 bits per heavy atom. The molecule has 0 saturated heterocycles. The maximum Gasteiger partial charge on any atom is 0.111 e. The van der Waals surface area contributed by atoms with Crippen LogP contribution in [-0.2, 0) is 11.2 Å². The van der Waals surface area contributed by atoms with E-state index in [1.165, 1.54) is 0 Å². The molecule has 1 heterocycles. The summed E-state index contributed by atoms with van der Waals surface area (Å²) in [4.78, 5) is 0. The van der Waals surface area contributed by atoms with Crippen molar-refractivity contribution < 1.29 is 4.74 Å². The molecule has 92 valence electrons. The predicted molar refractivity (Wildman–Crippen MR) is 69.9 cm³/mol. The van der Waals surface area contributed by atoms with Crippen molar-refractivity contribution in [1.29, 1.82) is 0 Å². The number of nitrogens with two attached hydrogens (primary N) is 1. The number of rotatable bonds is 4. The SMILES string of the molecule is NNC(Cc1c(Cl)cccc1Cl)C1=CCCO1. The topological polar surface area (TPSA) is 47.3 Å². The number of hydrogen-bond donors (Lipinski definition) is 2. The number of hydrogen-bond acceptors (Lipinski definition) is 3. The zero-order valence-corrected chi connectivity index (χ0v) is 10.8. The minimum atomic E-state index is -0.0881. The van der Waals surface area contributed by atoms with Gasteiger partial charge in [0.2, 0.25) is 0 Å². The molecule has 17 heavy (non-hydrogen) atoms. The van der Waals surface area contributed by atoms with Crippen LogP contribution in [0.3, 0.4) is 0 Å². The monoisotopic (exact) mass is 272 g/mol. The molecule has 0 bridgehead atoms. The minimum Gasteiger partial charge on any atom is -0.496 e. The first kappa shape index (κ1) is 12.7. The smallest absolute Gasteiger partial charge is 0.111 e. The number of nitrogens with one attached hydrogen (secondary N) is 1. The van der Waals surface area contributed by atoms with E-state index < -0.39 is 0 Å². The molecule has 0 amide bonds. The summed E-state index contributed by atoms with van der Waals surface area (Å²) in [6.45, 7) is 0.712. The molecule has 1 aliphatic heterocycles.